The predicted octanol–water partition coefficient (Wildman–Crippen LogP) is 35.0. The third-order valence-corrected chi connectivity index (χ3v) is 25.7. The van der Waals surface area contributed by atoms with Gasteiger partial charge in [-0.25, -0.2) is 29.9 Å². The van der Waals surface area contributed by atoms with Crippen LogP contribution in [-0.4, -0.2) is 109 Å². The SMILES string of the molecule is CCCCCCOc1ccc(-c2nc3c4nc(-c5ccc(OCCCCCC)c(OCCCCCC)c5)c(-c5ccc(OCCCCCC)c(OCCCCCC)c5)nc4c4nc(-c5ccc(OCCCCCC)c(OCCCCCC)c5)c(-c5ccc(OCCCCCC)c(OCCCCCC)c5)nc4c3nc2-c2ccc(OCCCCCC)c(OCCCCCC)c2)cc1OCCCCCC. The highest BCUT2D eigenvalue weighted by atomic mass is 16.5. The van der Waals surface area contributed by atoms with Gasteiger partial charge in [-0.05, 0) is 186 Å². The zero-order valence-electron chi connectivity index (χ0n) is 87.4. The highest BCUT2D eigenvalue weighted by molar-refractivity contribution is 6.20. The largest absolute Gasteiger partial charge is 0.490 e. The van der Waals surface area contributed by atoms with Crippen LogP contribution in [0.2, 0.25) is 0 Å². The van der Waals surface area contributed by atoms with E-state index in [0.29, 0.717) is 216 Å². The second-order valence-electron chi connectivity index (χ2n) is 37.7. The van der Waals surface area contributed by atoms with Crippen LogP contribution in [0.15, 0.2) is 109 Å². The van der Waals surface area contributed by atoms with Crippen molar-refractivity contribution in [3.63, 3.8) is 0 Å². The molecule has 3 aromatic heterocycles. The molecule has 0 fully saturated rings. The number of fused-ring (bicyclic) bond motifs is 6. The molecule has 18 nitrogen and oxygen atoms in total. The number of nitrogens with zero attached hydrogens (tertiary/aromatic N) is 6. The molecule has 10 aromatic rings. The van der Waals surface area contributed by atoms with Crippen LogP contribution in [0.4, 0.5) is 0 Å². The van der Waals surface area contributed by atoms with Gasteiger partial charge < -0.3 is 56.8 Å². The number of rotatable bonds is 78. The van der Waals surface area contributed by atoms with Crippen molar-refractivity contribution >= 4 is 33.1 Å². The van der Waals surface area contributed by atoms with Gasteiger partial charge in [-0.3, -0.25) is 0 Å². The van der Waals surface area contributed by atoms with Gasteiger partial charge in [0.25, 0.3) is 0 Å². The lowest BCUT2D eigenvalue weighted by Crippen LogP contribution is -2.07. The van der Waals surface area contributed by atoms with Gasteiger partial charge in [0.05, 0.1) is 113 Å². The maximum absolute atomic E-state index is 7.00. The average Bonchev–Trinajstić information content (AvgIpc) is 0.709. The minimum atomic E-state index is 0.451. The Labute approximate surface area is 831 Å². The van der Waals surface area contributed by atoms with E-state index >= 15 is 0 Å². The molecule has 0 atom stereocenters. The van der Waals surface area contributed by atoms with Crippen LogP contribution in [0.1, 0.15) is 391 Å². The molecule has 0 spiro atoms. The summed E-state index contributed by atoms with van der Waals surface area (Å²) in [6.07, 6.45) is 50.4. The second kappa shape index (κ2) is 65.2. The quantitative estimate of drug-likeness (QED) is 0.0258. The Morgan fingerprint density at radius 1 is 0.130 bits per heavy atom. The lowest BCUT2D eigenvalue weighted by atomic mass is 9.99. The average molecular weight is 1890 g/mol. The van der Waals surface area contributed by atoms with Crippen molar-refractivity contribution in [2.24, 2.45) is 0 Å². The van der Waals surface area contributed by atoms with E-state index in [1.807, 2.05) is 0 Å². The molecule has 18 heteroatoms. The zero-order chi connectivity index (χ0) is 97.2. The molecule has 138 heavy (non-hydrogen) atoms. The molecule has 0 aliphatic rings. The van der Waals surface area contributed by atoms with E-state index in [2.05, 4.69) is 192 Å². The first kappa shape index (κ1) is 110. The summed E-state index contributed by atoms with van der Waals surface area (Å²) < 4.78 is 82.9. The number of ether oxygens (including phenoxy) is 12. The van der Waals surface area contributed by atoms with Crippen LogP contribution in [0, 0.1) is 0 Å². The van der Waals surface area contributed by atoms with Gasteiger partial charge in [-0.2, -0.15) is 0 Å². The van der Waals surface area contributed by atoms with Crippen LogP contribution in [0.25, 0.3) is 101 Å². The molecule has 756 valence electrons. The molecular formula is C120H174N6O12. The van der Waals surface area contributed by atoms with Gasteiger partial charge in [0.15, 0.2) is 69.0 Å². The summed E-state index contributed by atoms with van der Waals surface area (Å²) in [5.74, 6) is 7.89. The third-order valence-electron chi connectivity index (χ3n) is 25.7. The summed E-state index contributed by atoms with van der Waals surface area (Å²) in [5.41, 5.74) is 10.7. The smallest absolute Gasteiger partial charge is 0.161 e. The Hall–Kier alpha value is -9.84. The first-order valence-corrected chi connectivity index (χ1v) is 55.3. The van der Waals surface area contributed by atoms with E-state index in [-0.39, 0.29) is 0 Å². The monoisotopic (exact) mass is 1890 g/mol. The van der Waals surface area contributed by atoms with Gasteiger partial charge in [-0.1, -0.05) is 314 Å². The van der Waals surface area contributed by atoms with E-state index in [1.165, 1.54) is 0 Å². The molecule has 0 N–H and O–H groups in total. The van der Waals surface area contributed by atoms with E-state index in [4.69, 9.17) is 86.7 Å². The highest BCUT2D eigenvalue weighted by Crippen LogP contribution is 2.48. The summed E-state index contributed by atoms with van der Waals surface area (Å²) in [4.78, 5) is 37.2. The lowest BCUT2D eigenvalue weighted by Gasteiger charge is -2.20. The maximum atomic E-state index is 7.00. The molecule has 0 radical (unpaired) electrons. The van der Waals surface area contributed by atoms with E-state index < -0.39 is 0 Å². The van der Waals surface area contributed by atoms with Crippen molar-refractivity contribution in [1.29, 1.82) is 0 Å². The summed E-state index contributed by atoms with van der Waals surface area (Å²) in [7, 11) is 0. The minimum Gasteiger partial charge on any atom is -0.490 e. The number of aromatic nitrogens is 6. The Morgan fingerprint density at radius 3 is 0.348 bits per heavy atom. The zero-order valence-corrected chi connectivity index (χ0v) is 87.4. The molecule has 7 aromatic carbocycles. The number of hydrogen-bond donors (Lipinski definition) is 0. The van der Waals surface area contributed by atoms with Crippen molar-refractivity contribution in [2.45, 2.75) is 391 Å². The molecule has 0 saturated carbocycles. The van der Waals surface area contributed by atoms with Gasteiger partial charge >= 0.3 is 0 Å². The van der Waals surface area contributed by atoms with Crippen molar-refractivity contribution < 1.29 is 56.8 Å². The molecule has 0 aliphatic carbocycles. The molecule has 0 amide bonds. The van der Waals surface area contributed by atoms with E-state index in [9.17, 15) is 0 Å². The van der Waals surface area contributed by atoms with Crippen molar-refractivity contribution in [3.05, 3.63) is 109 Å². The van der Waals surface area contributed by atoms with Crippen molar-refractivity contribution in [3.8, 4) is 137 Å². The molecule has 0 aliphatic heterocycles. The molecule has 3 heterocycles. The maximum Gasteiger partial charge on any atom is 0.161 e. The number of hydrogen-bond acceptors (Lipinski definition) is 18. The first-order chi connectivity index (χ1) is 68.1. The minimum absolute atomic E-state index is 0.451. The Morgan fingerprint density at radius 2 is 0.239 bits per heavy atom. The van der Waals surface area contributed by atoms with Crippen LogP contribution in [-0.2, 0) is 0 Å². The summed E-state index contributed by atoms with van der Waals surface area (Å²) in [6, 6.07) is 37.7. The third kappa shape index (κ3) is 35.4. The van der Waals surface area contributed by atoms with Crippen LogP contribution in [0.3, 0.4) is 0 Å². The summed E-state index contributed by atoms with van der Waals surface area (Å²) in [5, 5.41) is 0. The Bertz CT molecular complexity index is 4280. The topological polar surface area (TPSA) is 188 Å². The fraction of sp³-hybridized carbons (Fsp3) is 0.600. The van der Waals surface area contributed by atoms with E-state index in [1.54, 1.807) is 0 Å². The normalized spacial score (nSPS) is 11.5. The first-order valence-electron chi connectivity index (χ1n) is 55.3. The van der Waals surface area contributed by atoms with Gasteiger partial charge in [0, 0.05) is 33.4 Å². The number of unbranched alkanes of at least 4 members (excludes halogenated alkanes) is 36. The van der Waals surface area contributed by atoms with Gasteiger partial charge in [0.2, 0.25) is 0 Å². The second-order valence-corrected chi connectivity index (χ2v) is 37.7. The molecule has 0 saturated heterocycles. The Kier molecular flexibility index (Phi) is 52.1. The van der Waals surface area contributed by atoms with Crippen LogP contribution < -0.4 is 56.8 Å². The molecule has 0 bridgehead atoms. The van der Waals surface area contributed by atoms with Crippen molar-refractivity contribution in [2.75, 3.05) is 79.3 Å². The lowest BCUT2D eigenvalue weighted by molar-refractivity contribution is 0.259. The molecular weight excluding hydrogens is 1720 g/mol. The van der Waals surface area contributed by atoms with E-state index in [0.717, 1.165) is 342 Å². The van der Waals surface area contributed by atoms with Crippen molar-refractivity contribution in [1.82, 2.24) is 29.9 Å². The number of benzene rings is 7. The van der Waals surface area contributed by atoms with Crippen LogP contribution >= 0.6 is 0 Å². The Balaban J connectivity index is 1.42. The predicted molar refractivity (Wildman–Crippen MR) is 574 cm³/mol. The fourth-order valence-electron chi connectivity index (χ4n) is 17.4. The summed E-state index contributed by atoms with van der Waals surface area (Å²) >= 11 is 0. The van der Waals surface area contributed by atoms with Gasteiger partial charge in [-0.15, -0.1) is 0 Å². The molecule has 10 rings (SSSR count). The fourth-order valence-corrected chi connectivity index (χ4v) is 17.4. The highest BCUT2D eigenvalue weighted by Gasteiger charge is 2.30. The van der Waals surface area contributed by atoms with Gasteiger partial charge in [0.1, 0.15) is 33.1 Å². The summed E-state index contributed by atoms with van der Waals surface area (Å²) in [6.45, 7) is 33.3. The standard InChI is InChI=1S/C120H174N6O12/c1-13-25-37-49-73-127-97-67-61-91(85-103(97)133-79-55-43-31-19-7)109-110(92-62-68-98(128-74-50-38-26-14-2)104(86-92)134-80-56-44-32-20-8)122-116-115(121-109)117-119(125-112(94-64-70-100(130-76-52-40-28-16-4)106(88-94)136-82-58-46-34-22-10)111(123-117)93-63-69-99(129-75-51-39-27-15-3)105(87-93)135-81-57-45-33-21-9)120-118(116)124-113(95-65-71-101(131-77-53-41-29-17-5)107(89-95)137-83-59-47-35-23-11)114(126-120)96-66-72-102(132-78-54-42-30-18-6)108(90-96)138-84-60-48-36-24-12/h61-72,85-90H,13-60,73-84H2,1-12H3. The van der Waals surface area contributed by atoms with Crippen LogP contribution in [0.5, 0.6) is 69.0 Å². The molecule has 0 unspecified atom stereocenters.